The van der Waals surface area contributed by atoms with Crippen LogP contribution in [0.15, 0.2) is 12.3 Å². The van der Waals surface area contributed by atoms with Gasteiger partial charge in [0, 0.05) is 0 Å². The SMILES string of the molecule is CNC(C)(C)C(=O)Nc1cnc(Cl)c(C)c1. The lowest BCUT2D eigenvalue weighted by molar-refractivity contribution is -0.121. The Morgan fingerprint density at radius 1 is 1.50 bits per heavy atom. The summed E-state index contributed by atoms with van der Waals surface area (Å²) in [5, 5.41) is 6.16. The predicted molar refractivity (Wildman–Crippen MR) is 65.8 cm³/mol. The number of hydrogen-bond acceptors (Lipinski definition) is 3. The van der Waals surface area contributed by atoms with Crippen LogP contribution in [0.4, 0.5) is 5.69 Å². The first-order chi connectivity index (χ1) is 7.36. The van der Waals surface area contributed by atoms with E-state index < -0.39 is 5.54 Å². The summed E-state index contributed by atoms with van der Waals surface area (Å²) < 4.78 is 0. The van der Waals surface area contributed by atoms with E-state index in [2.05, 4.69) is 15.6 Å². The monoisotopic (exact) mass is 241 g/mol. The van der Waals surface area contributed by atoms with E-state index in [1.165, 1.54) is 0 Å². The molecule has 4 nitrogen and oxygen atoms in total. The lowest BCUT2D eigenvalue weighted by Gasteiger charge is -2.22. The molecule has 1 amide bonds. The first-order valence-electron chi connectivity index (χ1n) is 4.99. The van der Waals surface area contributed by atoms with Crippen molar-refractivity contribution in [2.24, 2.45) is 0 Å². The molecule has 88 valence electrons. The largest absolute Gasteiger partial charge is 0.323 e. The van der Waals surface area contributed by atoms with E-state index in [0.717, 1.165) is 5.56 Å². The standard InChI is InChI=1S/C11H16ClN3O/c1-7-5-8(6-14-9(7)12)15-10(16)11(2,3)13-4/h5-6,13H,1-4H3,(H,15,16). The molecule has 0 spiro atoms. The van der Waals surface area contributed by atoms with Crippen molar-refractivity contribution >= 4 is 23.2 Å². The van der Waals surface area contributed by atoms with Crippen molar-refractivity contribution in [1.82, 2.24) is 10.3 Å². The van der Waals surface area contributed by atoms with Crippen LogP contribution in [0.3, 0.4) is 0 Å². The molecule has 16 heavy (non-hydrogen) atoms. The smallest absolute Gasteiger partial charge is 0.244 e. The first-order valence-corrected chi connectivity index (χ1v) is 5.37. The zero-order valence-electron chi connectivity index (χ0n) is 9.89. The van der Waals surface area contributed by atoms with Crippen LogP contribution in [-0.4, -0.2) is 23.5 Å². The minimum atomic E-state index is -0.618. The Kier molecular flexibility index (Phi) is 3.88. The van der Waals surface area contributed by atoms with Crippen molar-refractivity contribution in [2.45, 2.75) is 26.3 Å². The molecule has 5 heteroatoms. The fraction of sp³-hybridized carbons (Fsp3) is 0.455. The average molecular weight is 242 g/mol. The van der Waals surface area contributed by atoms with Gasteiger partial charge in [-0.05, 0) is 39.4 Å². The quantitative estimate of drug-likeness (QED) is 0.796. The molecule has 1 aromatic rings. The summed E-state index contributed by atoms with van der Waals surface area (Å²) in [6.07, 6.45) is 1.54. The van der Waals surface area contributed by atoms with Crippen LogP contribution < -0.4 is 10.6 Å². The van der Waals surface area contributed by atoms with Crippen molar-refractivity contribution in [3.8, 4) is 0 Å². The number of halogens is 1. The zero-order valence-corrected chi connectivity index (χ0v) is 10.6. The van der Waals surface area contributed by atoms with Gasteiger partial charge in [-0.3, -0.25) is 4.79 Å². The van der Waals surface area contributed by atoms with Crippen LogP contribution in [0.1, 0.15) is 19.4 Å². The Labute approximate surface area is 100 Å². The number of hydrogen-bond donors (Lipinski definition) is 2. The van der Waals surface area contributed by atoms with Gasteiger partial charge in [0.2, 0.25) is 5.91 Å². The second-order valence-electron chi connectivity index (χ2n) is 4.16. The summed E-state index contributed by atoms with van der Waals surface area (Å²) in [6.45, 7) is 5.45. The number of amides is 1. The predicted octanol–water partition coefficient (Wildman–Crippen LogP) is 1.98. The van der Waals surface area contributed by atoms with Gasteiger partial charge in [-0.2, -0.15) is 0 Å². The van der Waals surface area contributed by atoms with Crippen molar-refractivity contribution in [2.75, 3.05) is 12.4 Å². The maximum Gasteiger partial charge on any atom is 0.244 e. The highest BCUT2D eigenvalue weighted by atomic mass is 35.5. The van der Waals surface area contributed by atoms with Crippen LogP contribution >= 0.6 is 11.6 Å². The Morgan fingerprint density at radius 3 is 2.62 bits per heavy atom. The Balaban J connectivity index is 2.82. The van der Waals surface area contributed by atoms with E-state index in [1.807, 2.05) is 6.92 Å². The van der Waals surface area contributed by atoms with E-state index in [-0.39, 0.29) is 5.91 Å². The third-order valence-electron chi connectivity index (χ3n) is 2.46. The summed E-state index contributed by atoms with van der Waals surface area (Å²) in [4.78, 5) is 15.8. The highest BCUT2D eigenvalue weighted by molar-refractivity contribution is 6.30. The number of pyridine rings is 1. The van der Waals surface area contributed by atoms with Gasteiger partial charge < -0.3 is 10.6 Å². The summed E-state index contributed by atoms with van der Waals surface area (Å²) in [7, 11) is 1.74. The number of anilines is 1. The van der Waals surface area contributed by atoms with E-state index in [4.69, 9.17) is 11.6 Å². The van der Waals surface area contributed by atoms with Gasteiger partial charge in [0.25, 0.3) is 0 Å². The Hall–Kier alpha value is -1.13. The van der Waals surface area contributed by atoms with Gasteiger partial charge in [-0.15, -0.1) is 0 Å². The Bertz CT molecular complexity index is 404. The molecule has 0 aliphatic heterocycles. The maximum absolute atomic E-state index is 11.8. The first kappa shape index (κ1) is 12.9. The molecule has 1 aromatic heterocycles. The molecule has 0 unspecified atom stereocenters. The molecule has 0 radical (unpaired) electrons. The molecule has 1 heterocycles. The van der Waals surface area contributed by atoms with Gasteiger partial charge >= 0.3 is 0 Å². The van der Waals surface area contributed by atoms with Crippen molar-refractivity contribution < 1.29 is 4.79 Å². The van der Waals surface area contributed by atoms with Gasteiger partial charge in [0.1, 0.15) is 5.15 Å². The fourth-order valence-corrected chi connectivity index (χ4v) is 1.13. The molecule has 0 fully saturated rings. The van der Waals surface area contributed by atoms with Crippen LogP contribution in [0, 0.1) is 6.92 Å². The highest BCUT2D eigenvalue weighted by Crippen LogP contribution is 2.17. The minimum absolute atomic E-state index is 0.112. The van der Waals surface area contributed by atoms with E-state index in [9.17, 15) is 4.79 Å². The number of carbonyl (C=O) groups is 1. The number of carbonyl (C=O) groups excluding carboxylic acids is 1. The summed E-state index contributed by atoms with van der Waals surface area (Å²) in [5.41, 5.74) is 0.866. The number of aromatic nitrogens is 1. The normalized spacial score (nSPS) is 11.3. The molecule has 0 aromatic carbocycles. The van der Waals surface area contributed by atoms with Gasteiger partial charge in [-0.25, -0.2) is 4.98 Å². The molecular formula is C11H16ClN3O. The summed E-state index contributed by atoms with van der Waals surface area (Å²) >= 11 is 5.80. The van der Waals surface area contributed by atoms with Crippen LogP contribution in [0.5, 0.6) is 0 Å². The summed E-state index contributed by atoms with van der Waals surface area (Å²) in [6, 6.07) is 1.79. The third kappa shape index (κ3) is 2.93. The lowest BCUT2D eigenvalue weighted by atomic mass is 10.1. The highest BCUT2D eigenvalue weighted by Gasteiger charge is 2.25. The molecule has 0 saturated carbocycles. The maximum atomic E-state index is 11.8. The molecular weight excluding hydrogens is 226 g/mol. The van der Waals surface area contributed by atoms with E-state index in [1.54, 1.807) is 33.2 Å². The summed E-state index contributed by atoms with van der Waals surface area (Å²) in [5.74, 6) is -0.112. The molecule has 0 bridgehead atoms. The second-order valence-corrected chi connectivity index (χ2v) is 4.52. The zero-order chi connectivity index (χ0) is 12.3. The van der Waals surface area contributed by atoms with Crippen molar-refractivity contribution in [1.29, 1.82) is 0 Å². The van der Waals surface area contributed by atoms with Crippen LogP contribution in [-0.2, 0) is 4.79 Å². The number of aryl methyl sites for hydroxylation is 1. The molecule has 0 aliphatic rings. The Morgan fingerprint density at radius 2 is 2.12 bits per heavy atom. The molecule has 0 atom stereocenters. The van der Waals surface area contributed by atoms with Crippen LogP contribution in [0.25, 0.3) is 0 Å². The molecule has 1 rings (SSSR count). The van der Waals surface area contributed by atoms with Gasteiger partial charge in [-0.1, -0.05) is 11.6 Å². The van der Waals surface area contributed by atoms with E-state index >= 15 is 0 Å². The topological polar surface area (TPSA) is 54.0 Å². The number of rotatable bonds is 3. The second kappa shape index (κ2) is 4.80. The molecule has 2 N–H and O–H groups in total. The van der Waals surface area contributed by atoms with E-state index in [0.29, 0.717) is 10.8 Å². The molecule has 0 saturated heterocycles. The van der Waals surface area contributed by atoms with Crippen molar-refractivity contribution in [3.63, 3.8) is 0 Å². The number of likely N-dealkylation sites (N-methyl/N-ethyl adjacent to an activating group) is 1. The third-order valence-corrected chi connectivity index (χ3v) is 2.86. The van der Waals surface area contributed by atoms with Gasteiger partial charge in [0.15, 0.2) is 0 Å². The van der Waals surface area contributed by atoms with Crippen molar-refractivity contribution in [3.05, 3.63) is 23.0 Å². The number of nitrogens with one attached hydrogen (secondary N) is 2. The van der Waals surface area contributed by atoms with Gasteiger partial charge in [0.05, 0.1) is 17.4 Å². The fourth-order valence-electron chi connectivity index (χ4n) is 1.03. The molecule has 0 aliphatic carbocycles. The minimum Gasteiger partial charge on any atom is -0.323 e. The number of nitrogens with zero attached hydrogens (tertiary/aromatic N) is 1. The average Bonchev–Trinajstić information content (AvgIpc) is 2.23. The van der Waals surface area contributed by atoms with Crippen LogP contribution in [0.2, 0.25) is 5.15 Å². The lowest BCUT2D eigenvalue weighted by Crippen LogP contribution is -2.47.